The van der Waals surface area contributed by atoms with E-state index < -0.39 is 0 Å². The summed E-state index contributed by atoms with van der Waals surface area (Å²) in [5.74, 6) is 7.95. The van der Waals surface area contributed by atoms with Crippen LogP contribution in [-0.2, 0) is 51.4 Å². The van der Waals surface area contributed by atoms with Crippen LogP contribution in [0.5, 0.6) is 0 Å². The first-order valence-corrected chi connectivity index (χ1v) is 50.7. The second-order valence-electron chi connectivity index (χ2n) is 40.0. The molecule has 740 valence electrons. The van der Waals surface area contributed by atoms with E-state index in [1.165, 1.54) is 69.6 Å². The molecule has 0 aromatic carbocycles. The summed E-state index contributed by atoms with van der Waals surface area (Å²) in [6.07, 6.45) is 40.5. The van der Waals surface area contributed by atoms with Gasteiger partial charge in [0.2, 0.25) is 41.5 Å². The van der Waals surface area contributed by atoms with Crippen molar-refractivity contribution in [2.24, 2.45) is 35.5 Å². The number of amides is 8. The number of aromatic nitrogens is 17. The maximum Gasteiger partial charge on any atom is 0.253 e. The number of carbonyl (C=O) groups excluding carboxylic acids is 8. The standard InChI is InChI=1S/C18H24N4O2.C18H22N4O2.C17H23N5O2.C17H21N5O2.C15H21N7.C14H20N8/c2*23-17-6-7-18(24)22(17)12-14-4-5-15-13-21(10-9-20(15)11-14)16-3-1-2-8-19-16;2*23-15-4-5-16(24)22(15)11-13-2-3-14-12-21(9-8-20(14)10-13)17-18-6-1-7-19-17;1-2-6-16-15(3-1)21-8-7-20-9-13(4-5-14(20)11-21)10-22-12-17-18-19-22;1-4-15-14(16-5-1)21-7-6-20-8-12(2-3-13(20)10-21)9-22-11-17-18-19-22/h1-3,8,14-15H,4-7,9-13H2;1-3,6-8,14-15H,4-5,9-13H2;1,6-7,13-14H,2-5,8-12H2;1,4-7,13-14H,2-3,8-12H2;1-3,6,12-14H,4-5,7-11H2;1,4-5,11-13H,2-3,6-10H2/t2*14-,15-;3*13-,14-;12-,13-/m000000/s1. The van der Waals surface area contributed by atoms with Gasteiger partial charge in [0.1, 0.15) is 30.1 Å². The van der Waals surface area contributed by atoms with Crippen LogP contribution >= 0.6 is 0 Å². The van der Waals surface area contributed by atoms with Gasteiger partial charge in [0, 0.05) is 338 Å². The molecule has 0 N–H and O–H groups in total. The second kappa shape index (κ2) is 46.2. The molecule has 14 saturated heterocycles. The lowest BCUT2D eigenvalue weighted by atomic mass is 9.90. The van der Waals surface area contributed by atoms with Gasteiger partial charge in [0.05, 0.1) is 0 Å². The van der Waals surface area contributed by atoms with Gasteiger partial charge in [-0.2, -0.15) is 0 Å². The van der Waals surface area contributed by atoms with Gasteiger partial charge in [-0.1, -0.05) is 18.2 Å². The van der Waals surface area contributed by atoms with Gasteiger partial charge in [0.25, 0.3) is 23.6 Å². The molecule has 14 fully saturated rings. The summed E-state index contributed by atoms with van der Waals surface area (Å²) in [4.78, 5) is 169. The molecule has 0 bridgehead atoms. The Labute approximate surface area is 816 Å². The zero-order chi connectivity index (χ0) is 95.6. The molecule has 8 aromatic heterocycles. The average Bonchev–Trinajstić information content (AvgIpc) is 1.27. The summed E-state index contributed by atoms with van der Waals surface area (Å²) in [5, 5.41) is 22.8. The van der Waals surface area contributed by atoms with Crippen LogP contribution in [0.2, 0.25) is 0 Å². The van der Waals surface area contributed by atoms with Crippen molar-refractivity contribution in [3.8, 4) is 0 Å². The van der Waals surface area contributed by atoms with Gasteiger partial charge < -0.3 is 29.4 Å². The Bertz CT molecular complexity index is 4910. The SMILES string of the molecule is O=C1C=CC(=O)N1C[C@H]1CC[C@H]2CN(c3ccccn3)CCN2C1.O=C1C=CC(=O)N1C[C@H]1CC[C@H]2CN(c3ncccn3)CCN2C1.O=C1CCC(=O)N1C[C@H]1CC[C@H]2CN(c3ccccn3)CCN2C1.O=C1CCC(=O)N1C[C@H]1CC[C@H]2CN(c3ncccn3)CCN2C1.c1ccc(N2CCN3C[C@@H](Cn4cnnn4)CC[C@H]3C2)nc1.c1cnc(N2CCN3C[C@@H](Cn4cnnn4)CC[C@H]3C2)nc1. The maximum absolute atomic E-state index is 11.8. The first kappa shape index (κ1) is 96.3. The molecule has 8 amide bonds. The van der Waals surface area contributed by atoms with Crippen molar-refractivity contribution in [2.45, 2.75) is 152 Å². The van der Waals surface area contributed by atoms with Crippen molar-refractivity contribution >= 4 is 82.6 Å². The van der Waals surface area contributed by atoms with Crippen LogP contribution in [0.15, 0.2) is 166 Å². The third-order valence-corrected chi connectivity index (χ3v) is 31.0. The number of piperazine rings is 6. The summed E-state index contributed by atoms with van der Waals surface area (Å²) < 4.78 is 3.70. The summed E-state index contributed by atoms with van der Waals surface area (Å²) in [6.45, 7) is 28.4. The van der Waals surface area contributed by atoms with E-state index in [2.05, 4.69) is 159 Å². The van der Waals surface area contributed by atoms with Crippen LogP contribution in [0.1, 0.15) is 103 Å². The summed E-state index contributed by atoms with van der Waals surface area (Å²) >= 11 is 0. The summed E-state index contributed by atoms with van der Waals surface area (Å²) in [7, 11) is 0. The van der Waals surface area contributed by atoms with Crippen LogP contribution in [-0.4, -0.2) is 401 Å². The van der Waals surface area contributed by atoms with E-state index in [1.807, 2.05) is 88.9 Å². The van der Waals surface area contributed by atoms with E-state index in [4.69, 9.17) is 0 Å². The van der Waals surface area contributed by atoms with Gasteiger partial charge in [-0.3, -0.25) is 87.4 Å². The molecule has 24 rings (SSSR count). The Morgan fingerprint density at radius 2 is 0.471 bits per heavy atom. The highest BCUT2D eigenvalue weighted by molar-refractivity contribution is 6.13. The monoisotopic (exact) mass is 1910 g/mol. The highest BCUT2D eigenvalue weighted by Gasteiger charge is 2.44. The van der Waals surface area contributed by atoms with Crippen molar-refractivity contribution in [1.82, 2.24) is 134 Å². The fourth-order valence-electron chi connectivity index (χ4n) is 23.6. The number of anilines is 6. The second-order valence-corrected chi connectivity index (χ2v) is 40.0. The van der Waals surface area contributed by atoms with Crippen molar-refractivity contribution in [2.75, 3.05) is 213 Å². The summed E-state index contributed by atoms with van der Waals surface area (Å²) in [5.41, 5.74) is 0. The van der Waals surface area contributed by atoms with Crippen LogP contribution in [0, 0.1) is 35.5 Å². The zero-order valence-corrected chi connectivity index (χ0v) is 80.1. The minimum Gasteiger partial charge on any atom is -0.354 e. The number of nitrogens with zero attached hydrogens (tertiary/aromatic N) is 33. The van der Waals surface area contributed by atoms with Crippen molar-refractivity contribution in [3.63, 3.8) is 0 Å². The minimum atomic E-state index is -0.173. The Kier molecular flexibility index (Phi) is 31.8. The molecule has 0 saturated carbocycles. The maximum atomic E-state index is 11.8. The van der Waals surface area contributed by atoms with Crippen LogP contribution in [0.4, 0.5) is 35.3 Å². The highest BCUT2D eigenvalue weighted by atomic mass is 16.2. The molecule has 8 aromatic rings. The van der Waals surface area contributed by atoms with E-state index >= 15 is 0 Å². The zero-order valence-electron chi connectivity index (χ0n) is 80.1. The Balaban J connectivity index is 0.000000107. The lowest BCUT2D eigenvalue weighted by Crippen LogP contribution is -2.57. The number of carbonyl (C=O) groups is 8. The number of hydrogen-bond acceptors (Lipinski definition) is 35. The van der Waals surface area contributed by atoms with Crippen molar-refractivity contribution in [1.29, 1.82) is 0 Å². The fraction of sp³-hybridized carbons (Fsp3) is 0.586. The Hall–Kier alpha value is -12.6. The highest BCUT2D eigenvalue weighted by Crippen LogP contribution is 2.36. The molecule has 41 heteroatoms. The van der Waals surface area contributed by atoms with Crippen LogP contribution in [0.3, 0.4) is 0 Å². The Morgan fingerprint density at radius 1 is 0.236 bits per heavy atom. The van der Waals surface area contributed by atoms with Gasteiger partial charge in [-0.05, 0) is 188 Å². The van der Waals surface area contributed by atoms with E-state index in [1.54, 1.807) is 37.4 Å². The minimum absolute atomic E-state index is 0.00756. The largest absolute Gasteiger partial charge is 0.354 e. The number of fused-ring (bicyclic) bond motifs is 6. The molecule has 24 heterocycles. The number of imide groups is 4. The van der Waals surface area contributed by atoms with Gasteiger partial charge in [-0.25, -0.2) is 54.2 Å². The first-order chi connectivity index (χ1) is 68.6. The number of likely N-dealkylation sites (tertiary alicyclic amines) is 2. The van der Waals surface area contributed by atoms with E-state index in [0.717, 1.165) is 257 Å². The number of tetrazole rings is 2. The predicted molar refractivity (Wildman–Crippen MR) is 520 cm³/mol. The van der Waals surface area contributed by atoms with E-state index in [0.29, 0.717) is 124 Å². The Morgan fingerprint density at radius 3 is 0.714 bits per heavy atom. The van der Waals surface area contributed by atoms with Crippen LogP contribution < -0.4 is 29.4 Å². The first-order valence-electron chi connectivity index (χ1n) is 50.7. The third-order valence-electron chi connectivity index (χ3n) is 31.0. The molecule has 0 aliphatic carbocycles. The molecule has 16 aliphatic heterocycles. The third kappa shape index (κ3) is 24.5. The number of hydrogen-bond donors (Lipinski definition) is 0. The van der Waals surface area contributed by atoms with E-state index in [9.17, 15) is 38.4 Å². The fourth-order valence-corrected chi connectivity index (χ4v) is 23.6. The van der Waals surface area contributed by atoms with Crippen molar-refractivity contribution < 1.29 is 38.4 Å². The lowest BCUT2D eigenvalue weighted by molar-refractivity contribution is -0.141. The van der Waals surface area contributed by atoms with Gasteiger partial charge in [0.15, 0.2) is 0 Å². The molecule has 12 atom stereocenters. The topological polar surface area (TPSA) is 392 Å². The number of rotatable bonds is 18. The number of pyridine rings is 3. The average molecular weight is 1910 g/mol. The van der Waals surface area contributed by atoms with Gasteiger partial charge in [-0.15, -0.1) is 10.2 Å². The quantitative estimate of drug-likeness (QED) is 0.111. The molecule has 140 heavy (non-hydrogen) atoms. The predicted octanol–water partition coefficient (Wildman–Crippen LogP) is 3.60. The molecule has 16 aliphatic rings. The summed E-state index contributed by atoms with van der Waals surface area (Å²) in [6, 6.07) is 27.2. The molecule has 0 radical (unpaired) electrons. The van der Waals surface area contributed by atoms with Crippen molar-refractivity contribution in [3.05, 3.63) is 166 Å². The molecule has 41 nitrogen and oxygen atoms in total. The normalized spacial score (nSPS) is 27.3. The van der Waals surface area contributed by atoms with E-state index in [-0.39, 0.29) is 47.3 Å². The molecule has 0 unspecified atom stereocenters. The smallest absolute Gasteiger partial charge is 0.253 e. The number of piperidine rings is 6. The molecular weight excluding hydrogens is 1780 g/mol. The van der Waals surface area contributed by atoms with Gasteiger partial charge >= 0.3 is 0 Å². The molecular formula is C99H131N33O8. The lowest BCUT2D eigenvalue weighted by Gasteiger charge is -2.47. The van der Waals surface area contributed by atoms with Crippen LogP contribution in [0.25, 0.3) is 0 Å². The molecule has 0 spiro atoms.